The summed E-state index contributed by atoms with van der Waals surface area (Å²) in [4.78, 5) is 10.2. The molecule has 1 aromatic rings. The maximum atomic E-state index is 10.2. The molecule has 1 aromatic heterocycles. The smallest absolute Gasteiger partial charge is 1.00 e. The van der Waals surface area contributed by atoms with Gasteiger partial charge in [-0.3, -0.25) is 0 Å². The summed E-state index contributed by atoms with van der Waals surface area (Å²) in [6.07, 6.45) is 0. The van der Waals surface area contributed by atoms with Crippen LogP contribution in [0.25, 0.3) is 0 Å². The van der Waals surface area contributed by atoms with E-state index in [1.807, 2.05) is 0 Å². The number of anilines is 1. The van der Waals surface area contributed by atoms with Crippen LogP contribution < -0.4 is 40.9 Å². The molecule has 0 aliphatic heterocycles. The average Bonchev–Trinajstić information content (AvgIpc) is 1.85. The number of nitrogens with zero attached hydrogens (tertiary/aromatic N) is 1. The number of hydrogen-bond acceptors (Lipinski definition) is 3. The van der Waals surface area contributed by atoms with Crippen LogP contribution in [0.4, 0.5) is 5.82 Å². The first kappa shape index (κ1) is 8.81. The van der Waals surface area contributed by atoms with Gasteiger partial charge in [0.1, 0.15) is 5.82 Å². The molecule has 1 rings (SSSR count). The summed E-state index contributed by atoms with van der Waals surface area (Å²) in [6, 6.07) is 1.22. The van der Waals surface area contributed by atoms with Crippen LogP contribution in [0.3, 0.4) is 0 Å². The maximum absolute atomic E-state index is 10.2. The van der Waals surface area contributed by atoms with Gasteiger partial charge in [-0.1, -0.05) is 0 Å². The topological polar surface area (TPSA) is 61.2 Å². The minimum absolute atomic E-state index is 0. The van der Waals surface area contributed by atoms with Crippen LogP contribution in [0.1, 0.15) is 1.43 Å². The molecule has 0 aromatic carbocycles. The van der Waals surface area contributed by atoms with Crippen molar-refractivity contribution in [1.29, 1.82) is 0 Å². The van der Waals surface area contributed by atoms with E-state index in [1.54, 1.807) is 7.05 Å². The van der Waals surface area contributed by atoms with E-state index in [1.165, 1.54) is 10.8 Å². The van der Waals surface area contributed by atoms with E-state index in [-0.39, 0.29) is 31.0 Å². The standard InChI is InChI=1S/C4H6N2O2.Na.H/c1-6-3(5)2-4(7)8-6;;/h2H,5H2,1H3;;/q;+1;-1. The molecule has 0 aliphatic carbocycles. The molecule has 0 saturated heterocycles. The van der Waals surface area contributed by atoms with E-state index >= 15 is 0 Å². The number of aryl methyl sites for hydroxylation is 1. The van der Waals surface area contributed by atoms with Crippen LogP contribution in [0, 0.1) is 0 Å². The zero-order valence-electron chi connectivity index (χ0n) is 6.42. The minimum atomic E-state index is -0.412. The first-order valence-electron chi connectivity index (χ1n) is 2.13. The molecule has 0 aliphatic rings. The predicted octanol–water partition coefficient (Wildman–Crippen LogP) is -3.32. The van der Waals surface area contributed by atoms with E-state index in [0.717, 1.165) is 0 Å². The molecule has 1 heterocycles. The van der Waals surface area contributed by atoms with Gasteiger partial charge in [-0.2, -0.15) is 4.74 Å². The van der Waals surface area contributed by atoms with Gasteiger partial charge in [0.05, 0.1) is 6.07 Å². The second-order valence-corrected chi connectivity index (χ2v) is 1.48. The molecule has 0 amide bonds. The van der Waals surface area contributed by atoms with Crippen molar-refractivity contribution in [2.75, 3.05) is 5.73 Å². The molecule has 4 nitrogen and oxygen atoms in total. The van der Waals surface area contributed by atoms with Crippen molar-refractivity contribution in [3.8, 4) is 0 Å². The summed E-state index contributed by atoms with van der Waals surface area (Å²) in [7, 11) is 1.57. The Morgan fingerprint density at radius 1 is 1.89 bits per heavy atom. The Morgan fingerprint density at radius 3 is 2.56 bits per heavy atom. The molecular weight excluding hydrogens is 131 g/mol. The molecule has 9 heavy (non-hydrogen) atoms. The largest absolute Gasteiger partial charge is 1.00 e. The van der Waals surface area contributed by atoms with Crippen molar-refractivity contribution < 1.29 is 35.5 Å². The second-order valence-electron chi connectivity index (χ2n) is 1.48. The van der Waals surface area contributed by atoms with Crippen molar-refractivity contribution in [3.63, 3.8) is 0 Å². The summed E-state index contributed by atoms with van der Waals surface area (Å²) < 4.78 is 5.66. The SMILES string of the molecule is Cn1oc(=O)cc1N.[H-].[Na+]. The molecule has 2 N–H and O–H groups in total. The van der Waals surface area contributed by atoms with Crippen molar-refractivity contribution in [1.82, 2.24) is 4.74 Å². The molecule has 0 radical (unpaired) electrons. The average molecular weight is 138 g/mol. The first-order chi connectivity index (χ1) is 3.70. The van der Waals surface area contributed by atoms with E-state index in [9.17, 15) is 4.79 Å². The fourth-order valence-electron chi connectivity index (χ4n) is 0.426. The summed E-state index contributed by atoms with van der Waals surface area (Å²) in [6.45, 7) is 0. The van der Waals surface area contributed by atoms with Gasteiger partial charge in [-0.15, -0.1) is 0 Å². The monoisotopic (exact) mass is 138 g/mol. The molecule has 0 unspecified atom stereocenters. The van der Waals surface area contributed by atoms with Gasteiger partial charge in [-0.05, 0) is 0 Å². The Labute approximate surface area is 75.4 Å². The molecule has 0 bridgehead atoms. The molecule has 0 saturated carbocycles. The molecule has 0 fully saturated rings. The minimum Gasteiger partial charge on any atom is -1.00 e. The molecule has 0 spiro atoms. The van der Waals surface area contributed by atoms with Crippen molar-refractivity contribution in [2.45, 2.75) is 0 Å². The van der Waals surface area contributed by atoms with E-state index in [2.05, 4.69) is 4.52 Å². The number of nitrogen functional groups attached to an aromatic ring is 1. The second kappa shape index (κ2) is 3.10. The number of hydrogen-bond donors (Lipinski definition) is 1. The van der Waals surface area contributed by atoms with E-state index in [0.29, 0.717) is 5.82 Å². The summed E-state index contributed by atoms with van der Waals surface area (Å²) in [5.74, 6) is 0.343. The Kier molecular flexibility index (Phi) is 3.03. The predicted molar refractivity (Wildman–Crippen MR) is 29.5 cm³/mol. The zero-order chi connectivity index (χ0) is 6.15. The van der Waals surface area contributed by atoms with Gasteiger partial charge in [0.25, 0.3) is 0 Å². The van der Waals surface area contributed by atoms with E-state index in [4.69, 9.17) is 5.73 Å². The normalized spacial score (nSPS) is 8.56. The quantitative estimate of drug-likeness (QED) is 0.381. The van der Waals surface area contributed by atoms with Crippen LogP contribution in [0.5, 0.6) is 0 Å². The third-order valence-corrected chi connectivity index (χ3v) is 0.856. The van der Waals surface area contributed by atoms with Gasteiger partial charge in [0.2, 0.25) is 0 Å². The van der Waals surface area contributed by atoms with Crippen molar-refractivity contribution in [2.24, 2.45) is 7.05 Å². The molecule has 5 heteroatoms. The zero-order valence-corrected chi connectivity index (χ0v) is 7.42. The van der Waals surface area contributed by atoms with Gasteiger partial charge >= 0.3 is 35.2 Å². The van der Waals surface area contributed by atoms with Crippen LogP contribution in [-0.4, -0.2) is 4.74 Å². The third-order valence-electron chi connectivity index (χ3n) is 0.856. The fourth-order valence-corrected chi connectivity index (χ4v) is 0.426. The maximum Gasteiger partial charge on any atom is 1.00 e. The van der Waals surface area contributed by atoms with Crippen LogP contribution in [0.2, 0.25) is 0 Å². The fraction of sp³-hybridized carbons (Fsp3) is 0.250. The third kappa shape index (κ3) is 1.89. The van der Waals surface area contributed by atoms with Crippen LogP contribution in [0.15, 0.2) is 15.4 Å². The van der Waals surface area contributed by atoms with Gasteiger partial charge in [0, 0.05) is 7.05 Å². The summed E-state index contributed by atoms with van der Waals surface area (Å²) in [5, 5.41) is 0. The number of rotatable bonds is 0. The van der Waals surface area contributed by atoms with Crippen LogP contribution in [-0.2, 0) is 7.05 Å². The Morgan fingerprint density at radius 2 is 2.44 bits per heavy atom. The summed E-state index contributed by atoms with van der Waals surface area (Å²) >= 11 is 0. The molecular formula is C4H7N2NaO2. The Bertz CT molecular complexity index is 221. The van der Waals surface area contributed by atoms with Crippen LogP contribution >= 0.6 is 0 Å². The van der Waals surface area contributed by atoms with Gasteiger partial charge < -0.3 is 11.7 Å². The molecule has 46 valence electrons. The number of nitrogens with two attached hydrogens (primary N) is 1. The van der Waals surface area contributed by atoms with Gasteiger partial charge in [-0.25, -0.2) is 4.79 Å². The van der Waals surface area contributed by atoms with Gasteiger partial charge in [0.15, 0.2) is 0 Å². The van der Waals surface area contributed by atoms with Crippen molar-refractivity contribution in [3.05, 3.63) is 16.5 Å². The first-order valence-corrected chi connectivity index (χ1v) is 2.13. The van der Waals surface area contributed by atoms with Crippen molar-refractivity contribution >= 4 is 5.82 Å². The van der Waals surface area contributed by atoms with E-state index < -0.39 is 5.63 Å². The summed E-state index contributed by atoms with van der Waals surface area (Å²) in [5.41, 5.74) is 4.80. The Hall–Kier alpha value is -0.190. The molecule has 0 atom stereocenters. The number of aromatic nitrogens is 1. The Balaban J connectivity index is 0.